The zero-order chi connectivity index (χ0) is 28.1. The zero-order valence-corrected chi connectivity index (χ0v) is 22.6. The van der Waals surface area contributed by atoms with Gasteiger partial charge in [0.1, 0.15) is 6.07 Å². The number of nitriles is 1. The summed E-state index contributed by atoms with van der Waals surface area (Å²) in [5.41, 5.74) is 15.2. The van der Waals surface area contributed by atoms with Crippen LogP contribution in [0.25, 0.3) is 44.3 Å². The van der Waals surface area contributed by atoms with E-state index in [9.17, 15) is 10.1 Å². The number of amides is 1. The number of pyridine rings is 2. The molecule has 3 N–H and O–H groups in total. The summed E-state index contributed by atoms with van der Waals surface area (Å²) in [4.78, 5) is 21.2. The Morgan fingerprint density at radius 2 is 1.65 bits per heavy atom. The van der Waals surface area contributed by atoms with E-state index in [0.717, 1.165) is 38.6 Å². The lowest BCUT2D eigenvalue weighted by molar-refractivity contribution is 0.0996. The summed E-state index contributed by atoms with van der Waals surface area (Å²) >= 11 is 0. The number of hydrogen-bond acceptors (Lipinski definition) is 5. The molecule has 0 aliphatic rings. The lowest BCUT2D eigenvalue weighted by Gasteiger charge is -2.13. The first-order chi connectivity index (χ1) is 19.2. The van der Waals surface area contributed by atoms with Crippen LogP contribution < -0.4 is 11.1 Å². The van der Waals surface area contributed by atoms with Gasteiger partial charge in [-0.2, -0.15) is 5.26 Å². The summed E-state index contributed by atoms with van der Waals surface area (Å²) in [5.74, 6) is -0.657. The largest absolute Gasteiger partial charge is 0.364 e. The molecule has 8 nitrogen and oxygen atoms in total. The van der Waals surface area contributed by atoms with Crippen molar-refractivity contribution in [3.63, 3.8) is 0 Å². The van der Waals surface area contributed by atoms with Crippen molar-refractivity contribution in [3.05, 3.63) is 95.6 Å². The van der Waals surface area contributed by atoms with E-state index in [0.29, 0.717) is 28.2 Å². The molecule has 0 bridgehead atoms. The highest BCUT2D eigenvalue weighted by Gasteiger charge is 2.20. The molecule has 4 aromatic heterocycles. The van der Waals surface area contributed by atoms with Gasteiger partial charge in [-0.3, -0.25) is 9.78 Å². The molecule has 8 heteroatoms. The molecule has 0 aliphatic carbocycles. The SMILES string of the molecule is Cc1ccc2cc(-c3cncc(Nc4cc(-c5c(C#N)c6ccc(C)cc6n5C)cnc4C(N)=O)c3)n(C)c2c1. The smallest absolute Gasteiger partial charge is 0.269 e. The molecule has 0 saturated heterocycles. The van der Waals surface area contributed by atoms with E-state index in [4.69, 9.17) is 5.73 Å². The summed E-state index contributed by atoms with van der Waals surface area (Å²) in [6, 6.07) is 20.7. The van der Waals surface area contributed by atoms with Gasteiger partial charge in [0.2, 0.25) is 0 Å². The second kappa shape index (κ2) is 9.40. The minimum absolute atomic E-state index is 0.0994. The Hall–Kier alpha value is -5.42. The van der Waals surface area contributed by atoms with Gasteiger partial charge in [-0.1, -0.05) is 24.3 Å². The van der Waals surface area contributed by atoms with Crippen LogP contribution in [-0.2, 0) is 14.1 Å². The third-order valence-corrected chi connectivity index (χ3v) is 7.38. The Labute approximate surface area is 231 Å². The quantitative estimate of drug-likeness (QED) is 0.281. The van der Waals surface area contributed by atoms with E-state index in [1.807, 2.05) is 50.0 Å². The van der Waals surface area contributed by atoms with Crippen LogP contribution in [0.3, 0.4) is 0 Å². The van der Waals surface area contributed by atoms with Crippen LogP contribution in [0, 0.1) is 25.2 Å². The van der Waals surface area contributed by atoms with Crippen molar-refractivity contribution in [2.24, 2.45) is 19.8 Å². The minimum Gasteiger partial charge on any atom is -0.364 e. The number of aromatic nitrogens is 4. The van der Waals surface area contributed by atoms with Crippen LogP contribution in [0.4, 0.5) is 11.4 Å². The number of nitrogens with two attached hydrogens (primary N) is 1. The van der Waals surface area contributed by atoms with Crippen LogP contribution in [0.15, 0.2) is 73.2 Å². The number of benzene rings is 2. The maximum Gasteiger partial charge on any atom is 0.269 e. The molecule has 6 rings (SSSR count). The number of anilines is 2. The summed E-state index contributed by atoms with van der Waals surface area (Å²) in [6.45, 7) is 4.10. The standard InChI is InChI=1S/C32H27N7O/c1-18-5-7-20-13-28(38(3)27(20)9-18)21-11-23(17-35-15-21)37-26-12-22(16-36-30(26)32(34)40)31-25(14-33)24-8-6-19(2)10-29(24)39(31)4/h5-13,15-17,37H,1-4H3,(H2,34,40). The predicted octanol–water partition coefficient (Wildman–Crippen LogP) is 6.13. The third-order valence-electron chi connectivity index (χ3n) is 7.38. The van der Waals surface area contributed by atoms with Crippen molar-refractivity contribution in [2.45, 2.75) is 13.8 Å². The van der Waals surface area contributed by atoms with Crippen molar-refractivity contribution in [3.8, 4) is 28.6 Å². The van der Waals surface area contributed by atoms with Gasteiger partial charge in [0.15, 0.2) is 5.69 Å². The van der Waals surface area contributed by atoms with Crippen molar-refractivity contribution in [1.29, 1.82) is 5.26 Å². The fraction of sp³-hybridized carbons (Fsp3) is 0.125. The Balaban J connectivity index is 1.44. The highest BCUT2D eigenvalue weighted by molar-refractivity contribution is 5.99. The molecule has 0 fully saturated rings. The van der Waals surface area contributed by atoms with Crippen molar-refractivity contribution >= 4 is 39.1 Å². The van der Waals surface area contributed by atoms with Crippen LogP contribution in [-0.4, -0.2) is 25.0 Å². The van der Waals surface area contributed by atoms with Gasteiger partial charge in [-0.25, -0.2) is 4.98 Å². The molecule has 0 atom stereocenters. The van der Waals surface area contributed by atoms with Gasteiger partial charge in [0.25, 0.3) is 5.91 Å². The summed E-state index contributed by atoms with van der Waals surface area (Å²) in [5, 5.41) is 15.4. The maximum absolute atomic E-state index is 12.3. The fourth-order valence-electron chi connectivity index (χ4n) is 5.40. The van der Waals surface area contributed by atoms with E-state index in [1.54, 1.807) is 18.5 Å². The number of primary amides is 1. The van der Waals surface area contributed by atoms with Gasteiger partial charge in [-0.15, -0.1) is 0 Å². The lowest BCUT2D eigenvalue weighted by Crippen LogP contribution is -2.15. The molecule has 40 heavy (non-hydrogen) atoms. The minimum atomic E-state index is -0.657. The Morgan fingerprint density at radius 1 is 0.900 bits per heavy atom. The maximum atomic E-state index is 12.3. The molecule has 196 valence electrons. The zero-order valence-electron chi connectivity index (χ0n) is 22.6. The molecular formula is C32H27N7O. The molecule has 0 unspecified atom stereocenters. The van der Waals surface area contributed by atoms with Gasteiger partial charge in [0, 0.05) is 59.4 Å². The van der Waals surface area contributed by atoms with E-state index >= 15 is 0 Å². The summed E-state index contributed by atoms with van der Waals surface area (Å²) < 4.78 is 4.13. The van der Waals surface area contributed by atoms with Crippen molar-refractivity contribution in [1.82, 2.24) is 19.1 Å². The summed E-state index contributed by atoms with van der Waals surface area (Å²) in [7, 11) is 3.96. The first-order valence-corrected chi connectivity index (χ1v) is 12.8. The average Bonchev–Trinajstić information content (AvgIpc) is 3.41. The van der Waals surface area contributed by atoms with Gasteiger partial charge >= 0.3 is 0 Å². The predicted molar refractivity (Wildman–Crippen MR) is 158 cm³/mol. The molecule has 0 radical (unpaired) electrons. The topological polar surface area (TPSA) is 115 Å². The Morgan fingerprint density at radius 3 is 2.40 bits per heavy atom. The first kappa shape index (κ1) is 24.9. The molecule has 2 aromatic carbocycles. The molecule has 1 amide bonds. The normalized spacial score (nSPS) is 11.2. The highest BCUT2D eigenvalue weighted by Crippen LogP contribution is 2.35. The highest BCUT2D eigenvalue weighted by atomic mass is 16.1. The monoisotopic (exact) mass is 525 g/mol. The fourth-order valence-corrected chi connectivity index (χ4v) is 5.40. The van der Waals surface area contributed by atoms with E-state index in [1.165, 1.54) is 5.56 Å². The second-order valence-corrected chi connectivity index (χ2v) is 10.1. The summed E-state index contributed by atoms with van der Waals surface area (Å²) in [6.07, 6.45) is 5.08. The van der Waals surface area contributed by atoms with E-state index < -0.39 is 5.91 Å². The number of rotatable bonds is 5. The van der Waals surface area contributed by atoms with Gasteiger partial charge in [0.05, 0.1) is 34.5 Å². The van der Waals surface area contributed by atoms with Crippen molar-refractivity contribution in [2.75, 3.05) is 5.32 Å². The molecule has 4 heterocycles. The number of aryl methyl sites for hydroxylation is 4. The molecule has 0 saturated carbocycles. The Bertz CT molecular complexity index is 2020. The molecular weight excluding hydrogens is 498 g/mol. The number of carbonyl (C=O) groups excluding carboxylic acids is 1. The molecule has 0 spiro atoms. The first-order valence-electron chi connectivity index (χ1n) is 12.8. The number of nitrogens with one attached hydrogen (secondary N) is 1. The number of fused-ring (bicyclic) bond motifs is 2. The molecule has 0 aliphatic heterocycles. The average molecular weight is 526 g/mol. The van der Waals surface area contributed by atoms with Crippen LogP contribution >= 0.6 is 0 Å². The lowest BCUT2D eigenvalue weighted by atomic mass is 10.1. The van der Waals surface area contributed by atoms with Crippen LogP contribution in [0.5, 0.6) is 0 Å². The number of hydrogen-bond donors (Lipinski definition) is 2. The van der Waals surface area contributed by atoms with E-state index in [2.05, 4.69) is 63.2 Å². The van der Waals surface area contributed by atoms with Crippen LogP contribution in [0.2, 0.25) is 0 Å². The van der Waals surface area contributed by atoms with Gasteiger partial charge < -0.3 is 20.2 Å². The third kappa shape index (κ3) is 4.05. The van der Waals surface area contributed by atoms with Gasteiger partial charge in [-0.05, 0) is 55.3 Å². The second-order valence-electron chi connectivity index (χ2n) is 10.1. The molecule has 6 aromatic rings. The van der Waals surface area contributed by atoms with Crippen molar-refractivity contribution < 1.29 is 4.79 Å². The number of carbonyl (C=O) groups is 1. The van der Waals surface area contributed by atoms with E-state index in [-0.39, 0.29) is 5.69 Å². The Kier molecular flexibility index (Phi) is 5.85. The van der Waals surface area contributed by atoms with Crippen LogP contribution in [0.1, 0.15) is 27.2 Å². The number of nitrogens with zero attached hydrogens (tertiary/aromatic N) is 5.